The standard InChI is InChI=1S/C29H36N4O/c1-3-22(2)31-24-15-13-23(14-16-24)28-21-26(25-11-6-7-12-27(25)32-28)29(34)30-17-10-20-33-18-8-4-5-9-19-33/h6-7,11-16,21,31H,2-5,8-10,17-20H2,1H3,(H,30,34). The van der Waals surface area contributed by atoms with Crippen LogP contribution < -0.4 is 10.6 Å². The lowest BCUT2D eigenvalue weighted by Crippen LogP contribution is -2.30. The fourth-order valence-electron chi connectivity index (χ4n) is 4.49. The second-order valence-corrected chi connectivity index (χ2v) is 9.10. The first-order valence-electron chi connectivity index (χ1n) is 12.6. The molecule has 0 saturated carbocycles. The Bertz CT molecular complexity index is 1110. The Hall–Kier alpha value is -3.18. The molecule has 1 aliphatic rings. The zero-order valence-electron chi connectivity index (χ0n) is 20.3. The van der Waals surface area contributed by atoms with Crippen LogP contribution in [0.5, 0.6) is 0 Å². The molecule has 0 radical (unpaired) electrons. The number of benzene rings is 2. The molecule has 0 atom stereocenters. The van der Waals surface area contributed by atoms with Gasteiger partial charge in [0, 0.05) is 28.9 Å². The molecule has 0 bridgehead atoms. The van der Waals surface area contributed by atoms with Gasteiger partial charge in [-0.1, -0.05) is 56.7 Å². The minimum Gasteiger partial charge on any atom is -0.359 e. The van der Waals surface area contributed by atoms with Crippen LogP contribution in [0, 0.1) is 0 Å². The molecule has 2 N–H and O–H groups in total. The molecule has 3 aromatic rings. The van der Waals surface area contributed by atoms with E-state index in [1.54, 1.807) is 0 Å². The maximum atomic E-state index is 13.2. The van der Waals surface area contributed by atoms with Crippen LogP contribution >= 0.6 is 0 Å². The lowest BCUT2D eigenvalue weighted by molar-refractivity contribution is 0.0953. The van der Waals surface area contributed by atoms with Gasteiger partial charge in [0.05, 0.1) is 16.8 Å². The fraction of sp³-hybridized carbons (Fsp3) is 0.379. The SMILES string of the molecule is C=C(CC)Nc1ccc(-c2cc(C(=O)NCCCN3CCCCCC3)c3ccccc3n2)cc1. The lowest BCUT2D eigenvalue weighted by Gasteiger charge is -2.19. The first-order valence-corrected chi connectivity index (χ1v) is 12.6. The highest BCUT2D eigenvalue weighted by Gasteiger charge is 2.14. The number of carbonyl (C=O) groups is 1. The van der Waals surface area contributed by atoms with E-state index in [1.807, 2.05) is 54.6 Å². The number of hydrogen-bond donors (Lipinski definition) is 2. The lowest BCUT2D eigenvalue weighted by atomic mass is 10.0. The maximum absolute atomic E-state index is 13.2. The monoisotopic (exact) mass is 456 g/mol. The van der Waals surface area contributed by atoms with Gasteiger partial charge in [0.15, 0.2) is 0 Å². The van der Waals surface area contributed by atoms with E-state index in [9.17, 15) is 4.79 Å². The summed E-state index contributed by atoms with van der Waals surface area (Å²) in [5.74, 6) is -0.0340. The highest BCUT2D eigenvalue weighted by atomic mass is 16.1. The van der Waals surface area contributed by atoms with Gasteiger partial charge in [-0.25, -0.2) is 4.98 Å². The zero-order chi connectivity index (χ0) is 23.8. The third-order valence-electron chi connectivity index (χ3n) is 6.52. The van der Waals surface area contributed by atoms with E-state index in [0.29, 0.717) is 12.1 Å². The quantitative estimate of drug-likeness (QED) is 0.375. The minimum absolute atomic E-state index is 0.0340. The molecule has 0 aliphatic carbocycles. The van der Waals surface area contributed by atoms with Crippen molar-refractivity contribution in [1.29, 1.82) is 0 Å². The van der Waals surface area contributed by atoms with Crippen molar-refractivity contribution in [2.75, 3.05) is 31.5 Å². The van der Waals surface area contributed by atoms with Crippen LogP contribution in [0.15, 0.2) is 66.9 Å². The molecule has 2 aromatic carbocycles. The summed E-state index contributed by atoms with van der Waals surface area (Å²) in [6.45, 7) is 10.2. The number of amides is 1. The number of carbonyl (C=O) groups excluding carboxylic acids is 1. The number of aromatic nitrogens is 1. The third kappa shape index (κ3) is 6.23. The Labute approximate surface area is 203 Å². The normalized spacial score (nSPS) is 14.5. The predicted molar refractivity (Wildman–Crippen MR) is 142 cm³/mol. The van der Waals surface area contributed by atoms with E-state index < -0.39 is 0 Å². The van der Waals surface area contributed by atoms with Crippen molar-refractivity contribution >= 4 is 22.5 Å². The molecule has 2 heterocycles. The van der Waals surface area contributed by atoms with E-state index >= 15 is 0 Å². The van der Waals surface area contributed by atoms with Gasteiger partial charge in [-0.3, -0.25) is 4.79 Å². The zero-order valence-corrected chi connectivity index (χ0v) is 20.3. The van der Waals surface area contributed by atoms with Gasteiger partial charge in [-0.15, -0.1) is 0 Å². The Balaban J connectivity index is 1.47. The van der Waals surface area contributed by atoms with Gasteiger partial charge < -0.3 is 15.5 Å². The number of hydrogen-bond acceptors (Lipinski definition) is 4. The summed E-state index contributed by atoms with van der Waals surface area (Å²) in [5, 5.41) is 7.33. The van der Waals surface area contributed by atoms with E-state index in [2.05, 4.69) is 29.0 Å². The van der Waals surface area contributed by atoms with Crippen LogP contribution in [-0.4, -0.2) is 42.0 Å². The van der Waals surface area contributed by atoms with Crippen LogP contribution in [0.4, 0.5) is 5.69 Å². The van der Waals surface area contributed by atoms with Gasteiger partial charge in [-0.2, -0.15) is 0 Å². The predicted octanol–water partition coefficient (Wildman–Crippen LogP) is 6.23. The first-order chi connectivity index (χ1) is 16.6. The molecular weight excluding hydrogens is 420 g/mol. The molecule has 1 aliphatic heterocycles. The number of fused-ring (bicyclic) bond motifs is 1. The molecule has 0 unspecified atom stereocenters. The largest absolute Gasteiger partial charge is 0.359 e. The van der Waals surface area contributed by atoms with E-state index in [-0.39, 0.29) is 5.91 Å². The average molecular weight is 457 g/mol. The molecule has 1 amide bonds. The Morgan fingerprint density at radius 1 is 1.03 bits per heavy atom. The van der Waals surface area contributed by atoms with Crippen LogP contribution in [-0.2, 0) is 0 Å². The van der Waals surface area contributed by atoms with E-state index in [4.69, 9.17) is 4.98 Å². The van der Waals surface area contributed by atoms with Gasteiger partial charge in [-0.05, 0) is 69.6 Å². The van der Waals surface area contributed by atoms with Crippen molar-refractivity contribution < 1.29 is 4.79 Å². The van der Waals surface area contributed by atoms with Gasteiger partial charge >= 0.3 is 0 Å². The van der Waals surface area contributed by atoms with Crippen LogP contribution in [0.2, 0.25) is 0 Å². The van der Waals surface area contributed by atoms with Crippen molar-refractivity contribution in [2.24, 2.45) is 0 Å². The molecule has 4 rings (SSSR count). The Morgan fingerprint density at radius 2 is 1.76 bits per heavy atom. The topological polar surface area (TPSA) is 57.3 Å². The van der Waals surface area contributed by atoms with Crippen molar-refractivity contribution in [3.8, 4) is 11.3 Å². The van der Waals surface area contributed by atoms with Crippen LogP contribution in [0.3, 0.4) is 0 Å². The molecule has 178 valence electrons. The third-order valence-corrected chi connectivity index (χ3v) is 6.52. The molecular formula is C29H36N4O. The molecule has 1 fully saturated rings. The van der Waals surface area contributed by atoms with Crippen molar-refractivity contribution in [3.63, 3.8) is 0 Å². The second-order valence-electron chi connectivity index (χ2n) is 9.10. The summed E-state index contributed by atoms with van der Waals surface area (Å²) >= 11 is 0. The number of anilines is 1. The van der Waals surface area contributed by atoms with Crippen molar-refractivity contribution in [1.82, 2.24) is 15.2 Å². The summed E-state index contributed by atoms with van der Waals surface area (Å²) in [4.78, 5) is 20.6. The molecule has 0 spiro atoms. The number of nitrogens with one attached hydrogen (secondary N) is 2. The van der Waals surface area contributed by atoms with Crippen molar-refractivity contribution in [3.05, 3.63) is 72.4 Å². The number of rotatable bonds is 9. The average Bonchev–Trinajstić information content (AvgIpc) is 3.15. The number of pyridine rings is 1. The van der Waals surface area contributed by atoms with Gasteiger partial charge in [0.25, 0.3) is 5.91 Å². The number of para-hydroxylation sites is 1. The Morgan fingerprint density at radius 3 is 2.50 bits per heavy atom. The summed E-state index contributed by atoms with van der Waals surface area (Å²) in [5.41, 5.74) is 5.27. The highest BCUT2D eigenvalue weighted by molar-refractivity contribution is 6.07. The summed E-state index contributed by atoms with van der Waals surface area (Å²) in [6, 6.07) is 17.9. The van der Waals surface area contributed by atoms with Crippen LogP contribution in [0.25, 0.3) is 22.2 Å². The Kier molecular flexibility index (Phi) is 8.31. The molecule has 34 heavy (non-hydrogen) atoms. The maximum Gasteiger partial charge on any atom is 0.252 e. The van der Waals surface area contributed by atoms with Gasteiger partial charge in [0.2, 0.25) is 0 Å². The fourth-order valence-corrected chi connectivity index (χ4v) is 4.49. The molecule has 1 aromatic heterocycles. The number of nitrogens with zero attached hydrogens (tertiary/aromatic N) is 2. The summed E-state index contributed by atoms with van der Waals surface area (Å²) in [7, 11) is 0. The first kappa shape index (κ1) is 24.0. The number of allylic oxidation sites excluding steroid dienone is 1. The molecule has 1 saturated heterocycles. The molecule has 5 heteroatoms. The van der Waals surface area contributed by atoms with E-state index in [0.717, 1.165) is 52.9 Å². The van der Waals surface area contributed by atoms with E-state index in [1.165, 1.54) is 38.8 Å². The van der Waals surface area contributed by atoms with Crippen LogP contribution in [0.1, 0.15) is 55.8 Å². The minimum atomic E-state index is -0.0340. The number of likely N-dealkylation sites (tertiary alicyclic amines) is 1. The highest BCUT2D eigenvalue weighted by Crippen LogP contribution is 2.26. The summed E-state index contributed by atoms with van der Waals surface area (Å²) in [6.07, 6.45) is 7.13. The molecule has 5 nitrogen and oxygen atoms in total. The van der Waals surface area contributed by atoms with Gasteiger partial charge in [0.1, 0.15) is 0 Å². The second kappa shape index (κ2) is 11.8. The van der Waals surface area contributed by atoms with Crippen molar-refractivity contribution in [2.45, 2.75) is 45.4 Å². The summed E-state index contributed by atoms with van der Waals surface area (Å²) < 4.78 is 0. The smallest absolute Gasteiger partial charge is 0.252 e.